The summed E-state index contributed by atoms with van der Waals surface area (Å²) in [6.07, 6.45) is 6.30. The van der Waals surface area contributed by atoms with Crippen LogP contribution in [0.15, 0.2) is 0 Å². The molecule has 0 unspecified atom stereocenters. The molecule has 0 aliphatic rings. The number of hydrogen-bond donors (Lipinski definition) is 1. The van der Waals surface area contributed by atoms with Crippen LogP contribution in [0.25, 0.3) is 0 Å². The van der Waals surface area contributed by atoms with Crippen LogP contribution in [0.3, 0.4) is 0 Å². The summed E-state index contributed by atoms with van der Waals surface area (Å²) < 4.78 is 0. The maximum absolute atomic E-state index is 5.59. The lowest BCUT2D eigenvalue weighted by atomic mass is 9.84. The zero-order chi connectivity index (χ0) is 14.2. The van der Waals surface area contributed by atoms with Crippen LogP contribution in [0, 0.1) is 10.8 Å². The van der Waals surface area contributed by atoms with Crippen LogP contribution in [0.5, 0.6) is 0 Å². The first kappa shape index (κ1) is 17.9. The van der Waals surface area contributed by atoms with Gasteiger partial charge in [0.15, 0.2) is 0 Å². The van der Waals surface area contributed by atoms with Gasteiger partial charge in [0.2, 0.25) is 0 Å². The Hall–Kier alpha value is -0.0800. The topological polar surface area (TPSA) is 29.3 Å². The first-order valence-corrected chi connectivity index (χ1v) is 7.55. The van der Waals surface area contributed by atoms with Crippen LogP contribution in [0.1, 0.15) is 66.7 Å². The maximum Gasteiger partial charge on any atom is -0.00167 e. The van der Waals surface area contributed by atoms with E-state index in [-0.39, 0.29) is 0 Å². The van der Waals surface area contributed by atoms with Crippen molar-refractivity contribution >= 4 is 0 Å². The lowest BCUT2D eigenvalue weighted by molar-refractivity contribution is 0.223. The van der Waals surface area contributed by atoms with Crippen molar-refractivity contribution in [3.63, 3.8) is 0 Å². The van der Waals surface area contributed by atoms with Crippen LogP contribution >= 0.6 is 0 Å². The predicted octanol–water partition coefficient (Wildman–Crippen LogP) is 3.90. The fourth-order valence-electron chi connectivity index (χ4n) is 2.19. The fourth-order valence-corrected chi connectivity index (χ4v) is 2.19. The standard InChI is InChI=1S/C16H36N2/c1-15(2,3)9-8-13-18(6)14-11-16(4,5)10-7-12-17/h7-14,17H2,1-6H3. The van der Waals surface area contributed by atoms with Crippen molar-refractivity contribution in [2.75, 3.05) is 26.7 Å². The van der Waals surface area contributed by atoms with E-state index in [0.29, 0.717) is 10.8 Å². The second-order valence-corrected chi connectivity index (χ2v) is 7.77. The van der Waals surface area contributed by atoms with Gasteiger partial charge < -0.3 is 10.6 Å². The van der Waals surface area contributed by atoms with E-state index in [1.165, 1.54) is 38.8 Å². The van der Waals surface area contributed by atoms with Crippen molar-refractivity contribution in [1.29, 1.82) is 0 Å². The molecular formula is C16H36N2. The second kappa shape index (κ2) is 8.16. The highest BCUT2D eigenvalue weighted by atomic mass is 15.1. The van der Waals surface area contributed by atoms with Crippen LogP contribution in [0.4, 0.5) is 0 Å². The first-order valence-electron chi connectivity index (χ1n) is 7.55. The lowest BCUT2D eigenvalue weighted by Crippen LogP contribution is -2.26. The second-order valence-electron chi connectivity index (χ2n) is 7.77. The predicted molar refractivity (Wildman–Crippen MR) is 82.9 cm³/mol. The average molecular weight is 256 g/mol. The van der Waals surface area contributed by atoms with E-state index in [1.54, 1.807) is 0 Å². The van der Waals surface area contributed by atoms with Gasteiger partial charge in [0.25, 0.3) is 0 Å². The molecule has 0 atom stereocenters. The molecule has 2 nitrogen and oxygen atoms in total. The largest absolute Gasteiger partial charge is 0.330 e. The van der Waals surface area contributed by atoms with Gasteiger partial charge in [0.05, 0.1) is 0 Å². The summed E-state index contributed by atoms with van der Waals surface area (Å²) >= 11 is 0. The molecule has 0 fully saturated rings. The SMILES string of the molecule is CN(CCCC(C)(C)C)CCC(C)(C)CCCN. The minimum absolute atomic E-state index is 0.442. The molecule has 0 radical (unpaired) electrons. The van der Waals surface area contributed by atoms with Crippen molar-refractivity contribution < 1.29 is 0 Å². The quantitative estimate of drug-likeness (QED) is 0.678. The maximum atomic E-state index is 5.59. The van der Waals surface area contributed by atoms with E-state index < -0.39 is 0 Å². The van der Waals surface area contributed by atoms with E-state index in [0.717, 1.165) is 13.0 Å². The summed E-state index contributed by atoms with van der Waals surface area (Å²) in [5.41, 5.74) is 6.50. The van der Waals surface area contributed by atoms with Gasteiger partial charge in [-0.25, -0.2) is 0 Å². The molecule has 0 aromatic heterocycles. The van der Waals surface area contributed by atoms with Gasteiger partial charge >= 0.3 is 0 Å². The van der Waals surface area contributed by atoms with Gasteiger partial charge in [-0.05, 0) is 69.6 Å². The third kappa shape index (κ3) is 11.0. The van der Waals surface area contributed by atoms with E-state index >= 15 is 0 Å². The molecule has 0 aliphatic carbocycles. The smallest absolute Gasteiger partial charge is 0.00167 e. The summed E-state index contributed by atoms with van der Waals surface area (Å²) in [5, 5.41) is 0. The molecule has 0 saturated heterocycles. The highest BCUT2D eigenvalue weighted by Crippen LogP contribution is 2.26. The van der Waals surface area contributed by atoms with E-state index in [1.807, 2.05) is 0 Å². The number of hydrogen-bond acceptors (Lipinski definition) is 2. The molecule has 2 heteroatoms. The molecule has 0 bridgehead atoms. The van der Waals surface area contributed by atoms with Gasteiger partial charge in [0.1, 0.15) is 0 Å². The Kier molecular flexibility index (Phi) is 8.13. The zero-order valence-electron chi connectivity index (χ0n) is 13.7. The number of rotatable bonds is 9. The molecule has 110 valence electrons. The van der Waals surface area contributed by atoms with Crippen LogP contribution in [-0.2, 0) is 0 Å². The van der Waals surface area contributed by atoms with Crippen molar-refractivity contribution in [3.8, 4) is 0 Å². The van der Waals surface area contributed by atoms with Crippen LogP contribution < -0.4 is 5.73 Å². The Morgan fingerprint density at radius 1 is 0.833 bits per heavy atom. The molecule has 0 saturated carbocycles. The molecule has 0 spiro atoms. The molecule has 0 aromatic rings. The van der Waals surface area contributed by atoms with Crippen molar-refractivity contribution in [2.24, 2.45) is 16.6 Å². The molecule has 0 aliphatic heterocycles. The third-order valence-electron chi connectivity index (χ3n) is 3.69. The average Bonchev–Trinajstić information content (AvgIpc) is 2.22. The number of nitrogens with zero attached hydrogens (tertiary/aromatic N) is 1. The van der Waals surface area contributed by atoms with E-state index in [4.69, 9.17) is 5.73 Å². The minimum Gasteiger partial charge on any atom is -0.330 e. The van der Waals surface area contributed by atoms with E-state index in [2.05, 4.69) is 46.6 Å². The molecule has 0 heterocycles. The monoisotopic (exact) mass is 256 g/mol. The minimum atomic E-state index is 0.442. The van der Waals surface area contributed by atoms with Gasteiger partial charge in [-0.3, -0.25) is 0 Å². The molecule has 0 amide bonds. The normalized spacial score (nSPS) is 13.3. The highest BCUT2D eigenvalue weighted by molar-refractivity contribution is 4.71. The molecule has 2 N–H and O–H groups in total. The Balaban J connectivity index is 3.72. The number of nitrogens with two attached hydrogens (primary N) is 1. The summed E-state index contributed by atoms with van der Waals surface area (Å²) in [5.74, 6) is 0. The Morgan fingerprint density at radius 2 is 1.44 bits per heavy atom. The fraction of sp³-hybridized carbons (Fsp3) is 1.00. The summed E-state index contributed by atoms with van der Waals surface area (Å²) in [7, 11) is 2.25. The summed E-state index contributed by atoms with van der Waals surface area (Å²) in [6.45, 7) is 15.0. The first-order chi connectivity index (χ1) is 8.16. The van der Waals surface area contributed by atoms with Crippen LogP contribution in [0.2, 0.25) is 0 Å². The van der Waals surface area contributed by atoms with E-state index in [9.17, 15) is 0 Å². The molecule has 18 heavy (non-hydrogen) atoms. The van der Waals surface area contributed by atoms with Gasteiger partial charge in [0, 0.05) is 0 Å². The molecular weight excluding hydrogens is 220 g/mol. The summed E-state index contributed by atoms with van der Waals surface area (Å²) in [6, 6.07) is 0. The van der Waals surface area contributed by atoms with Gasteiger partial charge in [-0.1, -0.05) is 34.6 Å². The van der Waals surface area contributed by atoms with Gasteiger partial charge in [-0.2, -0.15) is 0 Å². The Morgan fingerprint density at radius 3 is 1.94 bits per heavy atom. The Bertz CT molecular complexity index is 204. The van der Waals surface area contributed by atoms with Crippen LogP contribution in [-0.4, -0.2) is 31.6 Å². The third-order valence-corrected chi connectivity index (χ3v) is 3.69. The molecule has 0 rings (SSSR count). The molecule has 0 aromatic carbocycles. The Labute approximate surface area is 115 Å². The van der Waals surface area contributed by atoms with Crippen molar-refractivity contribution in [3.05, 3.63) is 0 Å². The van der Waals surface area contributed by atoms with Crippen molar-refractivity contribution in [1.82, 2.24) is 4.90 Å². The highest BCUT2D eigenvalue weighted by Gasteiger charge is 2.17. The lowest BCUT2D eigenvalue weighted by Gasteiger charge is -2.28. The van der Waals surface area contributed by atoms with Gasteiger partial charge in [-0.15, -0.1) is 0 Å². The zero-order valence-corrected chi connectivity index (χ0v) is 13.7. The van der Waals surface area contributed by atoms with Crippen molar-refractivity contribution in [2.45, 2.75) is 66.7 Å². The summed E-state index contributed by atoms with van der Waals surface area (Å²) in [4.78, 5) is 2.48.